The summed E-state index contributed by atoms with van der Waals surface area (Å²) in [6.45, 7) is 1.90. The monoisotopic (exact) mass is 358 g/mol. The lowest BCUT2D eigenvalue weighted by atomic mass is 10.2. The molecule has 0 saturated carbocycles. The second kappa shape index (κ2) is 7.11. The van der Waals surface area contributed by atoms with Gasteiger partial charge in [0.1, 0.15) is 5.75 Å². The fourth-order valence-corrected chi connectivity index (χ4v) is 3.23. The lowest BCUT2D eigenvalue weighted by Gasteiger charge is -2.03. The quantitative estimate of drug-likeness (QED) is 0.819. The molecule has 0 unspecified atom stereocenters. The SMILES string of the molecule is COc1ccccc1/C=C1/SC(=Nc2cccc(Cl)c2C)NC1=O. The van der Waals surface area contributed by atoms with Gasteiger partial charge >= 0.3 is 0 Å². The highest BCUT2D eigenvalue weighted by Gasteiger charge is 2.24. The van der Waals surface area contributed by atoms with Crippen LogP contribution in [0.15, 0.2) is 52.4 Å². The predicted molar refractivity (Wildman–Crippen MR) is 100.0 cm³/mol. The van der Waals surface area contributed by atoms with E-state index in [0.717, 1.165) is 22.6 Å². The van der Waals surface area contributed by atoms with Gasteiger partial charge in [-0.2, -0.15) is 0 Å². The Kier molecular flexibility index (Phi) is 4.92. The van der Waals surface area contributed by atoms with Gasteiger partial charge in [-0.25, -0.2) is 4.99 Å². The Morgan fingerprint density at radius 1 is 1.21 bits per heavy atom. The van der Waals surface area contributed by atoms with Gasteiger partial charge in [0.15, 0.2) is 5.17 Å². The van der Waals surface area contributed by atoms with E-state index in [1.165, 1.54) is 11.8 Å². The van der Waals surface area contributed by atoms with E-state index in [-0.39, 0.29) is 5.91 Å². The Morgan fingerprint density at radius 3 is 2.79 bits per heavy atom. The third-order valence-corrected chi connectivity index (χ3v) is 4.86. The number of carbonyl (C=O) groups excluding carboxylic acids is 1. The number of amides is 1. The van der Waals surface area contributed by atoms with E-state index in [2.05, 4.69) is 10.3 Å². The van der Waals surface area contributed by atoms with Crippen molar-refractivity contribution in [1.29, 1.82) is 0 Å². The zero-order valence-corrected chi connectivity index (χ0v) is 14.7. The summed E-state index contributed by atoms with van der Waals surface area (Å²) in [6.07, 6.45) is 1.80. The molecule has 0 atom stereocenters. The van der Waals surface area contributed by atoms with Gasteiger partial charge in [-0.3, -0.25) is 4.79 Å². The lowest BCUT2D eigenvalue weighted by molar-refractivity contribution is -0.115. The minimum absolute atomic E-state index is 0.177. The molecule has 3 rings (SSSR count). The van der Waals surface area contributed by atoms with Crippen molar-refractivity contribution in [3.8, 4) is 5.75 Å². The van der Waals surface area contributed by atoms with Crippen LogP contribution in [-0.2, 0) is 4.79 Å². The van der Waals surface area contributed by atoms with E-state index in [9.17, 15) is 4.79 Å². The van der Waals surface area contributed by atoms with E-state index < -0.39 is 0 Å². The molecule has 1 fully saturated rings. The molecule has 1 aliphatic rings. The number of hydrogen-bond donors (Lipinski definition) is 1. The number of carbonyl (C=O) groups is 1. The largest absolute Gasteiger partial charge is 0.496 e. The second-order valence-corrected chi connectivity index (χ2v) is 6.55. The predicted octanol–water partition coefficient (Wildman–Crippen LogP) is 4.55. The van der Waals surface area contributed by atoms with Gasteiger partial charge in [-0.05, 0) is 48.5 Å². The van der Waals surface area contributed by atoms with Crippen LogP contribution in [0.5, 0.6) is 5.75 Å². The normalized spacial score (nSPS) is 17.4. The lowest BCUT2D eigenvalue weighted by Crippen LogP contribution is -2.19. The highest BCUT2D eigenvalue weighted by molar-refractivity contribution is 8.18. The number of para-hydroxylation sites is 1. The number of amidine groups is 1. The summed E-state index contributed by atoms with van der Waals surface area (Å²) in [5, 5.41) is 3.96. The summed E-state index contributed by atoms with van der Waals surface area (Å²) in [6, 6.07) is 13.1. The number of thioether (sulfide) groups is 1. The summed E-state index contributed by atoms with van der Waals surface area (Å²) >= 11 is 7.40. The molecule has 0 aliphatic carbocycles. The third kappa shape index (κ3) is 3.47. The number of aliphatic imine (C=N–C) groups is 1. The van der Waals surface area contributed by atoms with Gasteiger partial charge in [0.25, 0.3) is 5.91 Å². The molecule has 0 bridgehead atoms. The molecule has 0 radical (unpaired) electrons. The zero-order valence-electron chi connectivity index (χ0n) is 13.2. The fraction of sp³-hybridized carbons (Fsp3) is 0.111. The molecule has 24 heavy (non-hydrogen) atoms. The minimum atomic E-state index is -0.177. The number of nitrogens with zero attached hydrogens (tertiary/aromatic N) is 1. The van der Waals surface area contributed by atoms with Crippen molar-refractivity contribution in [1.82, 2.24) is 5.32 Å². The van der Waals surface area contributed by atoms with Crippen molar-refractivity contribution in [3.63, 3.8) is 0 Å². The van der Waals surface area contributed by atoms with Crippen LogP contribution in [0.2, 0.25) is 5.02 Å². The first kappa shape index (κ1) is 16.6. The van der Waals surface area contributed by atoms with E-state index in [1.54, 1.807) is 13.2 Å². The van der Waals surface area contributed by atoms with Crippen LogP contribution in [0.4, 0.5) is 5.69 Å². The zero-order chi connectivity index (χ0) is 17.1. The smallest absolute Gasteiger partial charge is 0.264 e. The molecule has 2 aromatic carbocycles. The number of rotatable bonds is 3. The molecule has 6 heteroatoms. The number of nitrogens with one attached hydrogen (secondary N) is 1. The third-order valence-electron chi connectivity index (χ3n) is 3.54. The highest BCUT2D eigenvalue weighted by Crippen LogP contribution is 2.32. The first-order valence-electron chi connectivity index (χ1n) is 7.26. The number of halogens is 1. The Balaban J connectivity index is 1.90. The van der Waals surface area contributed by atoms with Crippen LogP contribution in [0.3, 0.4) is 0 Å². The van der Waals surface area contributed by atoms with Crippen molar-refractivity contribution in [2.75, 3.05) is 7.11 Å². The summed E-state index contributed by atoms with van der Waals surface area (Å²) in [4.78, 5) is 17.2. The standard InChI is InChI=1S/C18H15ClN2O2S/c1-11-13(19)7-5-8-14(11)20-18-21-17(22)16(24-18)10-12-6-3-4-9-15(12)23-2/h3-10H,1-2H3,(H,20,21,22)/b16-10+. The first-order valence-corrected chi connectivity index (χ1v) is 8.45. The van der Waals surface area contributed by atoms with E-state index >= 15 is 0 Å². The number of benzene rings is 2. The Labute approximate surface area is 149 Å². The summed E-state index contributed by atoms with van der Waals surface area (Å²) in [5.41, 5.74) is 2.46. The molecule has 122 valence electrons. The van der Waals surface area contributed by atoms with E-state index in [0.29, 0.717) is 15.1 Å². The summed E-state index contributed by atoms with van der Waals surface area (Å²) < 4.78 is 5.31. The van der Waals surface area contributed by atoms with Crippen LogP contribution < -0.4 is 10.1 Å². The van der Waals surface area contributed by atoms with Crippen molar-refractivity contribution >= 4 is 46.2 Å². The maximum absolute atomic E-state index is 12.2. The number of hydrogen-bond acceptors (Lipinski definition) is 4. The Morgan fingerprint density at radius 2 is 2.00 bits per heavy atom. The van der Waals surface area contributed by atoms with Gasteiger partial charge in [0, 0.05) is 10.6 Å². The average molecular weight is 359 g/mol. The Hall–Kier alpha value is -2.24. The molecule has 1 amide bonds. The molecular weight excluding hydrogens is 344 g/mol. The van der Waals surface area contributed by atoms with Gasteiger partial charge in [-0.15, -0.1) is 0 Å². The fourth-order valence-electron chi connectivity index (χ4n) is 2.23. The van der Waals surface area contributed by atoms with Crippen molar-refractivity contribution in [3.05, 3.63) is 63.5 Å². The maximum atomic E-state index is 12.2. The molecule has 0 aromatic heterocycles. The molecular formula is C18H15ClN2O2S. The molecule has 1 heterocycles. The minimum Gasteiger partial charge on any atom is -0.496 e. The molecule has 4 nitrogen and oxygen atoms in total. The molecule has 0 spiro atoms. The van der Waals surface area contributed by atoms with Crippen molar-refractivity contribution < 1.29 is 9.53 Å². The topological polar surface area (TPSA) is 50.7 Å². The second-order valence-electron chi connectivity index (χ2n) is 5.11. The van der Waals surface area contributed by atoms with E-state index in [1.807, 2.05) is 49.4 Å². The average Bonchev–Trinajstić information content (AvgIpc) is 2.92. The highest BCUT2D eigenvalue weighted by atomic mass is 35.5. The first-order chi connectivity index (χ1) is 11.6. The summed E-state index contributed by atoms with van der Waals surface area (Å²) in [5.74, 6) is 0.541. The number of methoxy groups -OCH3 is 1. The maximum Gasteiger partial charge on any atom is 0.264 e. The molecule has 1 aliphatic heterocycles. The van der Waals surface area contributed by atoms with Crippen molar-refractivity contribution in [2.24, 2.45) is 4.99 Å². The van der Waals surface area contributed by atoms with E-state index in [4.69, 9.17) is 16.3 Å². The van der Waals surface area contributed by atoms with Crippen LogP contribution in [-0.4, -0.2) is 18.2 Å². The summed E-state index contributed by atoms with van der Waals surface area (Å²) in [7, 11) is 1.61. The van der Waals surface area contributed by atoms with Crippen LogP contribution >= 0.6 is 23.4 Å². The number of ether oxygens (including phenoxy) is 1. The van der Waals surface area contributed by atoms with Gasteiger partial charge in [-0.1, -0.05) is 35.9 Å². The Bertz CT molecular complexity index is 862. The van der Waals surface area contributed by atoms with Crippen LogP contribution in [0, 0.1) is 6.92 Å². The molecule has 1 N–H and O–H groups in total. The van der Waals surface area contributed by atoms with Crippen LogP contribution in [0.25, 0.3) is 6.08 Å². The molecule has 2 aromatic rings. The van der Waals surface area contributed by atoms with Crippen molar-refractivity contribution in [2.45, 2.75) is 6.92 Å². The molecule has 1 saturated heterocycles. The van der Waals surface area contributed by atoms with Gasteiger partial charge in [0.2, 0.25) is 0 Å². The van der Waals surface area contributed by atoms with Gasteiger partial charge in [0.05, 0.1) is 17.7 Å². The van der Waals surface area contributed by atoms with Crippen LogP contribution in [0.1, 0.15) is 11.1 Å². The van der Waals surface area contributed by atoms with Gasteiger partial charge < -0.3 is 10.1 Å².